The van der Waals surface area contributed by atoms with E-state index in [0.717, 1.165) is 22.3 Å². The molecule has 2 N–H and O–H groups in total. The van der Waals surface area contributed by atoms with Crippen molar-refractivity contribution in [3.63, 3.8) is 0 Å². The summed E-state index contributed by atoms with van der Waals surface area (Å²) in [5.74, 6) is -1.42. The Hall–Kier alpha value is -3.35. The Morgan fingerprint density at radius 3 is 2.09 bits per heavy atom. The number of nitrogens with zero attached hydrogens (tertiary/aromatic N) is 1. The van der Waals surface area contributed by atoms with Gasteiger partial charge in [-0.2, -0.15) is 0 Å². The molecule has 0 spiro atoms. The van der Waals surface area contributed by atoms with Gasteiger partial charge >= 0.3 is 12.1 Å². The van der Waals surface area contributed by atoms with Gasteiger partial charge in [-0.15, -0.1) is 0 Å². The van der Waals surface area contributed by atoms with Gasteiger partial charge in [-0.1, -0.05) is 55.5 Å². The summed E-state index contributed by atoms with van der Waals surface area (Å²) in [7, 11) is 0. The second-order valence-electron chi connectivity index (χ2n) is 9.01. The summed E-state index contributed by atoms with van der Waals surface area (Å²) in [6.07, 6.45) is -0.156. The van der Waals surface area contributed by atoms with Gasteiger partial charge in [0.1, 0.15) is 13.2 Å². The number of hydrogen-bond donors (Lipinski definition) is 2. The zero-order valence-corrected chi connectivity index (χ0v) is 19.6. The van der Waals surface area contributed by atoms with E-state index in [4.69, 9.17) is 9.84 Å². The highest BCUT2D eigenvalue weighted by atomic mass is 16.5. The maximum atomic E-state index is 13.1. The molecule has 1 aliphatic carbocycles. The molecule has 7 nitrogen and oxygen atoms in total. The van der Waals surface area contributed by atoms with E-state index in [2.05, 4.69) is 29.6 Å². The van der Waals surface area contributed by atoms with E-state index in [9.17, 15) is 14.4 Å². The van der Waals surface area contributed by atoms with Crippen LogP contribution in [0.25, 0.3) is 11.1 Å². The van der Waals surface area contributed by atoms with E-state index in [1.165, 1.54) is 4.90 Å². The molecule has 1 atom stereocenters. The van der Waals surface area contributed by atoms with E-state index < -0.39 is 17.5 Å². The lowest BCUT2D eigenvalue weighted by Gasteiger charge is -2.35. The highest BCUT2D eigenvalue weighted by molar-refractivity contribution is 5.86. The van der Waals surface area contributed by atoms with Crippen LogP contribution in [0.15, 0.2) is 48.5 Å². The van der Waals surface area contributed by atoms with Crippen LogP contribution in [-0.4, -0.2) is 53.7 Å². The smallest absolute Gasteiger partial charge is 0.407 e. The van der Waals surface area contributed by atoms with Crippen molar-refractivity contribution >= 4 is 18.0 Å². The van der Waals surface area contributed by atoms with Gasteiger partial charge in [0.05, 0.1) is 5.41 Å². The third-order valence-electron chi connectivity index (χ3n) is 6.45. The number of carboxylic acid groups (broad SMARTS) is 1. The summed E-state index contributed by atoms with van der Waals surface area (Å²) in [4.78, 5) is 38.2. The fourth-order valence-corrected chi connectivity index (χ4v) is 4.25. The number of ether oxygens (including phenoxy) is 1. The fourth-order valence-electron chi connectivity index (χ4n) is 4.25. The molecular formula is C26H32N2O5. The van der Waals surface area contributed by atoms with Crippen LogP contribution in [0.3, 0.4) is 0 Å². The van der Waals surface area contributed by atoms with Crippen LogP contribution in [0.4, 0.5) is 4.79 Å². The summed E-state index contributed by atoms with van der Waals surface area (Å²) in [6, 6.07) is 15.9. The van der Waals surface area contributed by atoms with Crippen LogP contribution in [0.5, 0.6) is 0 Å². The standard InChI is InChI=1S/C26H32N2O5/c1-5-26(4,24(31)28(17(2)3)14-23(29)30)16-27-25(32)33-15-22-20-12-8-6-10-18(20)19-11-7-9-13-21(19)22/h6-13,17,22H,5,14-16H2,1-4H3,(H,27,32)(H,29,30). The number of hydrogen-bond acceptors (Lipinski definition) is 4. The van der Waals surface area contributed by atoms with Gasteiger partial charge in [0, 0.05) is 18.5 Å². The molecule has 2 aromatic rings. The predicted octanol–water partition coefficient (Wildman–Crippen LogP) is 4.26. The first-order valence-corrected chi connectivity index (χ1v) is 11.3. The molecule has 176 valence electrons. The molecule has 33 heavy (non-hydrogen) atoms. The van der Waals surface area contributed by atoms with Gasteiger partial charge in [0.25, 0.3) is 0 Å². The number of fused-ring (bicyclic) bond motifs is 3. The number of benzene rings is 2. The molecule has 1 unspecified atom stereocenters. The lowest BCUT2D eigenvalue weighted by atomic mass is 9.85. The monoisotopic (exact) mass is 452 g/mol. The average molecular weight is 453 g/mol. The Balaban J connectivity index is 1.64. The maximum absolute atomic E-state index is 13.1. The van der Waals surface area contributed by atoms with Crippen molar-refractivity contribution in [2.24, 2.45) is 5.41 Å². The number of carboxylic acids is 1. The van der Waals surface area contributed by atoms with Crippen molar-refractivity contribution in [3.05, 3.63) is 59.7 Å². The van der Waals surface area contributed by atoms with Crippen molar-refractivity contribution in [3.8, 4) is 11.1 Å². The lowest BCUT2D eigenvalue weighted by molar-refractivity contribution is -0.151. The molecule has 0 fully saturated rings. The Morgan fingerprint density at radius 2 is 1.61 bits per heavy atom. The van der Waals surface area contributed by atoms with Crippen molar-refractivity contribution in [1.29, 1.82) is 0 Å². The zero-order valence-electron chi connectivity index (χ0n) is 19.6. The van der Waals surface area contributed by atoms with Crippen LogP contribution >= 0.6 is 0 Å². The molecule has 0 aliphatic heterocycles. The molecule has 0 aromatic heterocycles. The van der Waals surface area contributed by atoms with Crippen LogP contribution in [0, 0.1) is 5.41 Å². The molecule has 0 saturated heterocycles. The van der Waals surface area contributed by atoms with E-state index in [1.807, 2.05) is 31.2 Å². The number of rotatable bonds is 9. The molecule has 0 heterocycles. The number of carbonyl (C=O) groups is 3. The van der Waals surface area contributed by atoms with Crippen LogP contribution < -0.4 is 5.32 Å². The highest BCUT2D eigenvalue weighted by Crippen LogP contribution is 2.44. The zero-order chi connectivity index (χ0) is 24.2. The molecule has 0 saturated carbocycles. The number of nitrogens with one attached hydrogen (secondary N) is 1. The molecule has 1 aliphatic rings. The minimum atomic E-state index is -1.07. The molecule has 0 radical (unpaired) electrons. The Kier molecular flexibility index (Phi) is 7.41. The van der Waals surface area contributed by atoms with E-state index in [0.29, 0.717) is 6.42 Å². The van der Waals surface area contributed by atoms with Gasteiger partial charge in [0.2, 0.25) is 5.91 Å². The van der Waals surface area contributed by atoms with Crippen LogP contribution in [0.2, 0.25) is 0 Å². The summed E-state index contributed by atoms with van der Waals surface area (Å²) in [6.45, 7) is 6.99. The second kappa shape index (κ2) is 10.1. The molecule has 2 amide bonds. The van der Waals surface area contributed by atoms with Crippen molar-refractivity contribution in [2.75, 3.05) is 19.7 Å². The third-order valence-corrected chi connectivity index (χ3v) is 6.45. The highest BCUT2D eigenvalue weighted by Gasteiger charge is 2.37. The summed E-state index contributed by atoms with van der Waals surface area (Å²) >= 11 is 0. The first-order valence-electron chi connectivity index (χ1n) is 11.3. The molecule has 7 heteroatoms. The third kappa shape index (κ3) is 5.18. The normalized spacial score (nSPS) is 14.2. The van der Waals surface area contributed by atoms with E-state index in [-0.39, 0.29) is 37.6 Å². The van der Waals surface area contributed by atoms with Crippen molar-refractivity contribution < 1.29 is 24.2 Å². The van der Waals surface area contributed by atoms with Crippen LogP contribution in [0.1, 0.15) is 51.2 Å². The molecule has 2 aromatic carbocycles. The van der Waals surface area contributed by atoms with E-state index >= 15 is 0 Å². The van der Waals surface area contributed by atoms with E-state index in [1.54, 1.807) is 20.8 Å². The summed E-state index contributed by atoms with van der Waals surface area (Å²) in [5, 5.41) is 11.9. The maximum Gasteiger partial charge on any atom is 0.407 e. The summed E-state index contributed by atoms with van der Waals surface area (Å²) in [5.41, 5.74) is 3.62. The van der Waals surface area contributed by atoms with Gasteiger partial charge < -0.3 is 20.1 Å². The van der Waals surface area contributed by atoms with Crippen molar-refractivity contribution in [2.45, 2.75) is 46.1 Å². The minimum absolute atomic E-state index is 0.0469. The van der Waals surface area contributed by atoms with Gasteiger partial charge in [-0.25, -0.2) is 4.79 Å². The van der Waals surface area contributed by atoms with Gasteiger partial charge in [0.15, 0.2) is 0 Å². The first-order chi connectivity index (χ1) is 15.7. The summed E-state index contributed by atoms with van der Waals surface area (Å²) < 4.78 is 5.56. The SMILES string of the molecule is CCC(C)(CNC(=O)OCC1c2ccccc2-c2ccccc21)C(=O)N(CC(=O)O)C(C)C. The lowest BCUT2D eigenvalue weighted by Crippen LogP contribution is -2.52. The average Bonchev–Trinajstić information content (AvgIpc) is 3.12. The Morgan fingerprint density at radius 1 is 1.06 bits per heavy atom. The fraction of sp³-hybridized carbons (Fsp3) is 0.423. The minimum Gasteiger partial charge on any atom is -0.480 e. The molecule has 3 rings (SSSR count). The van der Waals surface area contributed by atoms with Gasteiger partial charge in [-0.3, -0.25) is 9.59 Å². The quantitative estimate of drug-likeness (QED) is 0.593. The predicted molar refractivity (Wildman–Crippen MR) is 126 cm³/mol. The van der Waals surface area contributed by atoms with Gasteiger partial charge in [-0.05, 0) is 49.4 Å². The number of carbonyl (C=O) groups excluding carboxylic acids is 2. The Labute approximate surface area is 194 Å². The second-order valence-corrected chi connectivity index (χ2v) is 9.01. The molecular weight excluding hydrogens is 420 g/mol. The number of amides is 2. The Bertz CT molecular complexity index is 989. The van der Waals surface area contributed by atoms with Crippen LogP contribution in [-0.2, 0) is 14.3 Å². The topological polar surface area (TPSA) is 95.9 Å². The largest absolute Gasteiger partial charge is 0.480 e. The van der Waals surface area contributed by atoms with Crippen molar-refractivity contribution in [1.82, 2.24) is 10.2 Å². The first kappa shape index (κ1) is 24.3. The molecule has 0 bridgehead atoms. The number of alkyl carbamates (subject to hydrolysis) is 1. The number of aliphatic carboxylic acids is 1.